The van der Waals surface area contributed by atoms with Crippen LogP contribution in [0.1, 0.15) is 31.5 Å². The zero-order valence-electron chi connectivity index (χ0n) is 11.8. The highest BCUT2D eigenvalue weighted by Gasteiger charge is 2.41. The average Bonchev–Trinajstić information content (AvgIpc) is 3.36. The van der Waals surface area contributed by atoms with Crippen LogP contribution in [-0.4, -0.2) is 21.2 Å². The van der Waals surface area contributed by atoms with Gasteiger partial charge in [-0.2, -0.15) is 5.10 Å². The van der Waals surface area contributed by atoms with Crippen molar-refractivity contribution in [1.29, 1.82) is 0 Å². The van der Waals surface area contributed by atoms with Gasteiger partial charge < -0.3 is 5.32 Å². The minimum Gasteiger partial charge on any atom is -0.382 e. The number of aryl methyl sites for hydroxylation is 1. The van der Waals surface area contributed by atoms with E-state index < -0.39 is 0 Å². The summed E-state index contributed by atoms with van der Waals surface area (Å²) < 4.78 is 0. The average molecular weight is 268 g/mol. The summed E-state index contributed by atoms with van der Waals surface area (Å²) >= 11 is 0. The van der Waals surface area contributed by atoms with Gasteiger partial charge in [-0.3, -0.25) is 5.10 Å². The number of nitrogens with one attached hydrogen (secondary N) is 2. The van der Waals surface area contributed by atoms with E-state index in [0.717, 1.165) is 29.0 Å². The van der Waals surface area contributed by atoms with E-state index in [0.29, 0.717) is 6.04 Å². The van der Waals surface area contributed by atoms with E-state index in [2.05, 4.69) is 44.8 Å². The molecule has 0 amide bonds. The molecule has 2 saturated carbocycles. The summed E-state index contributed by atoms with van der Waals surface area (Å²) in [5.74, 6) is 3.43. The van der Waals surface area contributed by atoms with Crippen molar-refractivity contribution in [2.45, 2.75) is 38.6 Å². The van der Waals surface area contributed by atoms with Crippen molar-refractivity contribution in [3.8, 4) is 11.4 Å². The molecule has 0 aliphatic heterocycles. The number of H-pyrrole nitrogens is 1. The van der Waals surface area contributed by atoms with Crippen LogP contribution < -0.4 is 5.32 Å². The Balaban J connectivity index is 1.56. The maximum Gasteiger partial charge on any atom is 0.181 e. The Morgan fingerprint density at radius 3 is 2.55 bits per heavy atom. The fourth-order valence-electron chi connectivity index (χ4n) is 2.94. The fourth-order valence-corrected chi connectivity index (χ4v) is 2.94. The van der Waals surface area contributed by atoms with Crippen LogP contribution in [0.4, 0.5) is 5.69 Å². The van der Waals surface area contributed by atoms with E-state index >= 15 is 0 Å². The summed E-state index contributed by atoms with van der Waals surface area (Å²) in [6, 6.07) is 9.15. The molecule has 4 nitrogen and oxygen atoms in total. The van der Waals surface area contributed by atoms with E-state index in [1.165, 1.54) is 31.4 Å². The zero-order chi connectivity index (χ0) is 13.5. The Morgan fingerprint density at radius 1 is 1.20 bits per heavy atom. The SMILES string of the molecule is Cc1nc(-c2cccc(NC(C3CC3)C3CC3)c2)n[nH]1. The molecule has 2 aliphatic carbocycles. The predicted molar refractivity (Wildman–Crippen MR) is 79.4 cm³/mol. The minimum atomic E-state index is 0.680. The van der Waals surface area contributed by atoms with Gasteiger partial charge in [0, 0.05) is 17.3 Å². The van der Waals surface area contributed by atoms with Gasteiger partial charge in [0.15, 0.2) is 5.82 Å². The van der Waals surface area contributed by atoms with Gasteiger partial charge >= 0.3 is 0 Å². The third-order valence-electron chi connectivity index (χ3n) is 4.31. The maximum absolute atomic E-state index is 4.40. The van der Waals surface area contributed by atoms with Crippen LogP contribution >= 0.6 is 0 Å². The van der Waals surface area contributed by atoms with Gasteiger partial charge in [-0.25, -0.2) is 4.98 Å². The smallest absolute Gasteiger partial charge is 0.181 e. The van der Waals surface area contributed by atoms with E-state index in [4.69, 9.17) is 0 Å². The first-order chi connectivity index (χ1) is 9.79. The molecule has 0 radical (unpaired) electrons. The molecule has 2 aliphatic rings. The first kappa shape index (κ1) is 11.9. The first-order valence-corrected chi connectivity index (χ1v) is 7.55. The molecule has 104 valence electrons. The summed E-state index contributed by atoms with van der Waals surface area (Å²) in [4.78, 5) is 4.40. The van der Waals surface area contributed by atoms with E-state index in [-0.39, 0.29) is 0 Å². The van der Waals surface area contributed by atoms with Crippen LogP contribution in [0.15, 0.2) is 24.3 Å². The fraction of sp³-hybridized carbons (Fsp3) is 0.500. The molecule has 2 aromatic rings. The molecule has 0 spiro atoms. The Kier molecular flexibility index (Phi) is 2.76. The molecular weight excluding hydrogens is 248 g/mol. The quantitative estimate of drug-likeness (QED) is 0.874. The lowest BCUT2D eigenvalue weighted by Gasteiger charge is -2.19. The summed E-state index contributed by atoms with van der Waals surface area (Å²) in [6.45, 7) is 1.93. The van der Waals surface area contributed by atoms with Crippen molar-refractivity contribution in [3.05, 3.63) is 30.1 Å². The molecule has 2 N–H and O–H groups in total. The molecule has 20 heavy (non-hydrogen) atoms. The number of aromatic nitrogens is 3. The molecule has 1 aromatic heterocycles. The van der Waals surface area contributed by atoms with Crippen molar-refractivity contribution >= 4 is 5.69 Å². The number of hydrogen-bond donors (Lipinski definition) is 2. The normalized spacial score (nSPS) is 18.5. The second-order valence-electron chi connectivity index (χ2n) is 6.17. The van der Waals surface area contributed by atoms with Crippen molar-refractivity contribution in [2.24, 2.45) is 11.8 Å². The summed E-state index contributed by atoms with van der Waals surface area (Å²) in [5, 5.41) is 10.9. The molecular formula is C16H20N4. The highest BCUT2D eigenvalue weighted by molar-refractivity contribution is 5.62. The van der Waals surface area contributed by atoms with Crippen molar-refractivity contribution in [1.82, 2.24) is 15.2 Å². The highest BCUT2D eigenvalue weighted by Crippen LogP contribution is 2.45. The molecule has 1 heterocycles. The highest BCUT2D eigenvalue weighted by atomic mass is 15.2. The number of rotatable bonds is 5. The van der Waals surface area contributed by atoms with Crippen LogP contribution in [0.2, 0.25) is 0 Å². The lowest BCUT2D eigenvalue weighted by molar-refractivity contribution is 0.568. The van der Waals surface area contributed by atoms with E-state index in [9.17, 15) is 0 Å². The predicted octanol–water partition coefficient (Wildman–Crippen LogP) is 3.38. The standard InChI is InChI=1S/C16H20N4/c1-10-17-16(20-19-10)13-3-2-4-14(9-13)18-15(11-5-6-11)12-7-8-12/h2-4,9,11-12,15,18H,5-8H2,1H3,(H,17,19,20). The third-order valence-corrected chi connectivity index (χ3v) is 4.31. The molecule has 1 aromatic carbocycles. The van der Waals surface area contributed by atoms with Crippen LogP contribution in [0.25, 0.3) is 11.4 Å². The van der Waals surface area contributed by atoms with Crippen molar-refractivity contribution in [2.75, 3.05) is 5.32 Å². The van der Waals surface area contributed by atoms with Gasteiger partial charge in [0.05, 0.1) is 0 Å². The van der Waals surface area contributed by atoms with E-state index in [1.54, 1.807) is 0 Å². The van der Waals surface area contributed by atoms with Crippen LogP contribution in [0, 0.1) is 18.8 Å². The maximum atomic E-state index is 4.40. The second kappa shape index (κ2) is 4.62. The summed E-state index contributed by atoms with van der Waals surface area (Å²) in [6.07, 6.45) is 5.59. The summed E-state index contributed by atoms with van der Waals surface area (Å²) in [7, 11) is 0. The largest absolute Gasteiger partial charge is 0.382 e. The van der Waals surface area contributed by atoms with E-state index in [1.807, 2.05) is 6.92 Å². The molecule has 0 atom stereocenters. The molecule has 0 unspecified atom stereocenters. The number of nitrogens with zero attached hydrogens (tertiary/aromatic N) is 2. The van der Waals surface area contributed by atoms with Crippen molar-refractivity contribution < 1.29 is 0 Å². The molecule has 0 bridgehead atoms. The minimum absolute atomic E-state index is 0.680. The first-order valence-electron chi connectivity index (χ1n) is 7.55. The Bertz CT molecular complexity index is 598. The molecule has 0 saturated heterocycles. The number of hydrogen-bond acceptors (Lipinski definition) is 3. The molecule has 4 rings (SSSR count). The monoisotopic (exact) mass is 268 g/mol. The second-order valence-corrected chi connectivity index (χ2v) is 6.17. The van der Waals surface area contributed by atoms with Gasteiger partial charge in [-0.15, -0.1) is 0 Å². The Hall–Kier alpha value is -1.84. The van der Waals surface area contributed by atoms with Crippen LogP contribution in [-0.2, 0) is 0 Å². The van der Waals surface area contributed by atoms with Crippen molar-refractivity contribution in [3.63, 3.8) is 0 Å². The summed E-state index contributed by atoms with van der Waals surface area (Å²) in [5.41, 5.74) is 2.28. The number of aromatic amines is 1. The van der Waals surface area contributed by atoms with Gasteiger partial charge in [-0.1, -0.05) is 12.1 Å². The Morgan fingerprint density at radius 2 is 1.95 bits per heavy atom. The van der Waals surface area contributed by atoms with Gasteiger partial charge in [0.2, 0.25) is 0 Å². The van der Waals surface area contributed by atoms with Gasteiger partial charge in [-0.05, 0) is 56.6 Å². The number of benzene rings is 1. The Labute approximate surface area is 119 Å². The zero-order valence-corrected chi connectivity index (χ0v) is 11.8. The number of anilines is 1. The van der Waals surface area contributed by atoms with Gasteiger partial charge in [0.25, 0.3) is 0 Å². The van der Waals surface area contributed by atoms with Crippen LogP contribution in [0.5, 0.6) is 0 Å². The molecule has 2 fully saturated rings. The molecule has 4 heteroatoms. The lowest BCUT2D eigenvalue weighted by atomic mass is 10.1. The third kappa shape index (κ3) is 2.42. The lowest BCUT2D eigenvalue weighted by Crippen LogP contribution is -2.24. The van der Waals surface area contributed by atoms with Crippen LogP contribution in [0.3, 0.4) is 0 Å². The van der Waals surface area contributed by atoms with Gasteiger partial charge in [0.1, 0.15) is 5.82 Å². The topological polar surface area (TPSA) is 53.6 Å².